The number of pyridine rings is 6. The molecule has 1 aliphatic carbocycles. The number of nitrogens with zero attached hydrogens (tertiary/aromatic N) is 8. The summed E-state index contributed by atoms with van der Waals surface area (Å²) in [4.78, 5) is 24.3. The van der Waals surface area contributed by atoms with Crippen LogP contribution in [0.1, 0.15) is 186 Å². The molecule has 0 aliphatic heterocycles. The van der Waals surface area contributed by atoms with Gasteiger partial charge < -0.3 is 42.5 Å². The Morgan fingerprint density at radius 2 is 0.954 bits per heavy atom. The van der Waals surface area contributed by atoms with E-state index in [0.29, 0.717) is 23.7 Å². The molecule has 0 atom stereocenters. The smallest absolute Gasteiger partial charge is 0.126 e. The molecule has 1 fully saturated rings. The molecule has 0 aromatic carbocycles. The van der Waals surface area contributed by atoms with Gasteiger partial charge in [0.25, 0.3) is 0 Å². The maximum absolute atomic E-state index is 4.22. The van der Waals surface area contributed by atoms with Crippen LogP contribution in [0.5, 0.6) is 0 Å². The van der Waals surface area contributed by atoms with Crippen LogP contribution in [0.4, 0.5) is 28.8 Å². The number of nitrogens with one attached hydrogen (secondary N) is 8. The predicted octanol–water partition coefficient (Wildman–Crippen LogP) is 16.0. The Morgan fingerprint density at radius 1 is 0.448 bits per heavy atom. The summed E-state index contributed by atoms with van der Waals surface area (Å²) in [5.74, 6) is 2.99. The molecule has 7 aromatic heterocycles. The minimum Gasteiger partial charge on any atom is -0.380 e. The molecular weight excluding hydrogens is 1080 g/mol. The molecule has 8 N–H and O–H groups in total. The molecular formula is C71H118N16. The topological polar surface area (TPSA) is 191 Å². The largest absolute Gasteiger partial charge is 0.380 e. The lowest BCUT2D eigenvalue weighted by molar-refractivity contribution is 0.422. The molecule has 8 rings (SSSR count). The summed E-state index contributed by atoms with van der Waals surface area (Å²) >= 11 is 0. The average Bonchev–Trinajstić information content (AvgIpc) is 4.32. The molecule has 0 unspecified atom stereocenters. The van der Waals surface area contributed by atoms with Gasteiger partial charge in [0.1, 0.15) is 17.5 Å². The first-order chi connectivity index (χ1) is 40.3. The molecule has 0 bridgehead atoms. The molecule has 16 heteroatoms. The van der Waals surface area contributed by atoms with Crippen molar-refractivity contribution in [3.05, 3.63) is 169 Å². The van der Waals surface area contributed by atoms with Crippen molar-refractivity contribution in [3.8, 4) is 0 Å². The Bertz CT molecular complexity index is 2680. The number of anilines is 5. The molecule has 7 aromatic rings. The molecule has 87 heavy (non-hydrogen) atoms. The second kappa shape index (κ2) is 39.7. The Balaban J connectivity index is 0.000000498. The molecule has 0 radical (unpaired) electrons. The molecule has 7 heterocycles. The molecule has 0 amide bonds. The summed E-state index contributed by atoms with van der Waals surface area (Å²) in [6.07, 6.45) is 20.9. The summed E-state index contributed by atoms with van der Waals surface area (Å²) in [6, 6.07) is 28.3. The van der Waals surface area contributed by atoms with Crippen LogP contribution in [0.3, 0.4) is 0 Å². The van der Waals surface area contributed by atoms with Crippen LogP contribution in [0.2, 0.25) is 0 Å². The van der Waals surface area contributed by atoms with Crippen LogP contribution in [0.25, 0.3) is 0 Å². The van der Waals surface area contributed by atoms with Crippen LogP contribution in [0, 0.1) is 20.8 Å². The van der Waals surface area contributed by atoms with Gasteiger partial charge in [0, 0.05) is 146 Å². The van der Waals surface area contributed by atoms with Crippen molar-refractivity contribution >= 4 is 28.8 Å². The zero-order valence-electron chi connectivity index (χ0n) is 58.5. The Labute approximate surface area is 528 Å². The van der Waals surface area contributed by atoms with E-state index in [-0.39, 0.29) is 22.2 Å². The lowest BCUT2D eigenvalue weighted by atomic mass is 10.1. The van der Waals surface area contributed by atoms with Gasteiger partial charge >= 0.3 is 0 Å². The summed E-state index contributed by atoms with van der Waals surface area (Å²) in [6.45, 7) is 52.9. The van der Waals surface area contributed by atoms with Gasteiger partial charge in [0.15, 0.2) is 0 Å². The number of hydrogen-bond acceptors (Lipinski definition) is 15. The van der Waals surface area contributed by atoms with Crippen molar-refractivity contribution in [1.82, 2.24) is 55.6 Å². The highest BCUT2D eigenvalue weighted by Crippen LogP contribution is 2.22. The first kappa shape index (κ1) is 78.0. The van der Waals surface area contributed by atoms with Gasteiger partial charge in [-0.05, 0) is 262 Å². The van der Waals surface area contributed by atoms with Gasteiger partial charge in [0.05, 0.1) is 11.4 Å². The van der Waals surface area contributed by atoms with Crippen LogP contribution >= 0.6 is 0 Å². The highest BCUT2D eigenvalue weighted by molar-refractivity contribution is 5.43. The Morgan fingerprint density at radius 3 is 1.36 bits per heavy atom. The zero-order valence-corrected chi connectivity index (χ0v) is 58.5. The van der Waals surface area contributed by atoms with Gasteiger partial charge in [0.2, 0.25) is 0 Å². The third kappa shape index (κ3) is 47.8. The van der Waals surface area contributed by atoms with Gasteiger partial charge in [-0.3, -0.25) is 24.6 Å². The quantitative estimate of drug-likeness (QED) is 0.0544. The maximum Gasteiger partial charge on any atom is 0.126 e. The standard InChI is InChI=1S/2C10H16N2.4C9H14N2.C8H15N3.C7H15N/c1-10(2,3)12-8-9-4-6-11-7-5-9;1-10(2,3)12-8-9-5-4-6-11-7-9;1-9(2,3)11-8-4-6-10-7-5-8;1-7(2)11-9-6-8(3)4-5-10-9;1-7(2)11-9-5-4-8(3)6-10-9;1-9(2,3)11-8-5-4-6-10-7-8;1-6(2)9-8-5-7(3)10-11(8)4;1-7(2,3)8-6-4-5-6/h2*4-7,12H,8H2,1-3H3;3*4-7H,1-3H3,(H,10,11);4-7,11H,1-3H3;5-6,9H,1-4H3;6,8H,4-5H2,1-3H3. The molecule has 0 saturated heterocycles. The third-order valence-corrected chi connectivity index (χ3v) is 10.9. The van der Waals surface area contributed by atoms with Crippen LogP contribution in [-0.2, 0) is 20.1 Å². The second-order valence-electron chi connectivity index (χ2n) is 28.0. The van der Waals surface area contributed by atoms with Gasteiger partial charge in [-0.25, -0.2) is 9.97 Å². The van der Waals surface area contributed by atoms with Crippen LogP contribution in [-0.4, -0.2) is 91.5 Å². The van der Waals surface area contributed by atoms with E-state index in [1.165, 1.54) is 35.1 Å². The first-order valence-electron chi connectivity index (χ1n) is 30.9. The van der Waals surface area contributed by atoms with E-state index in [9.17, 15) is 0 Å². The lowest BCUT2D eigenvalue weighted by Gasteiger charge is -2.21. The highest BCUT2D eigenvalue weighted by atomic mass is 15.3. The second-order valence-corrected chi connectivity index (χ2v) is 28.0. The summed E-state index contributed by atoms with van der Waals surface area (Å²) in [7, 11) is 1.94. The predicted molar refractivity (Wildman–Crippen MR) is 375 cm³/mol. The number of rotatable bonds is 13. The van der Waals surface area contributed by atoms with Crippen molar-refractivity contribution < 1.29 is 0 Å². The SMILES string of the molecule is CC(C)(C)NC1CC1.CC(C)(C)NCc1cccnc1.CC(C)(C)NCc1ccncc1.CC(C)(C)Nc1cccnc1.CC(C)(C)Nc1ccncc1.Cc1cc(NC(C)C)n(C)n1.Cc1ccc(NC(C)C)nc1.Cc1ccnc(NC(C)C)c1. The molecule has 1 aliphatic rings. The molecule has 1 saturated carbocycles. The van der Waals surface area contributed by atoms with Crippen molar-refractivity contribution in [3.63, 3.8) is 0 Å². The minimum atomic E-state index is 0.114. The van der Waals surface area contributed by atoms with Gasteiger partial charge in [-0.1, -0.05) is 12.1 Å². The molecule has 0 spiro atoms. The van der Waals surface area contributed by atoms with Crippen LogP contribution < -0.4 is 42.5 Å². The first-order valence-corrected chi connectivity index (χ1v) is 30.9. The van der Waals surface area contributed by atoms with E-state index in [1.54, 1.807) is 24.8 Å². The molecule has 482 valence electrons. The highest BCUT2D eigenvalue weighted by Gasteiger charge is 2.25. The summed E-state index contributed by atoms with van der Waals surface area (Å²) in [5, 5.41) is 30.9. The fourth-order valence-corrected chi connectivity index (χ4v) is 7.12. The lowest BCUT2D eigenvalue weighted by Crippen LogP contribution is -2.37. The van der Waals surface area contributed by atoms with E-state index >= 15 is 0 Å². The van der Waals surface area contributed by atoms with E-state index in [0.717, 1.165) is 53.7 Å². The van der Waals surface area contributed by atoms with Crippen molar-refractivity contribution in [1.29, 1.82) is 0 Å². The Kier molecular flexibility index (Phi) is 35.6. The van der Waals surface area contributed by atoms with Crippen molar-refractivity contribution in [2.75, 3.05) is 26.6 Å². The third-order valence-electron chi connectivity index (χ3n) is 10.9. The van der Waals surface area contributed by atoms with Gasteiger partial charge in [-0.2, -0.15) is 5.10 Å². The normalized spacial score (nSPS) is 11.9. The zero-order chi connectivity index (χ0) is 65.9. The van der Waals surface area contributed by atoms with E-state index < -0.39 is 0 Å². The fraction of sp³-hybridized carbons (Fsp3) is 0.535. The average molecular weight is 1200 g/mol. The number of aryl methyl sites for hydroxylation is 4. The van der Waals surface area contributed by atoms with Crippen molar-refractivity contribution in [2.45, 2.75) is 244 Å². The summed E-state index contributed by atoms with van der Waals surface area (Å²) < 4.78 is 1.86. The van der Waals surface area contributed by atoms with Gasteiger partial charge in [-0.15, -0.1) is 0 Å². The minimum absolute atomic E-state index is 0.114. The Hall–Kier alpha value is -7.01. The summed E-state index contributed by atoms with van der Waals surface area (Å²) in [5.41, 5.74) is 9.11. The fourth-order valence-electron chi connectivity index (χ4n) is 7.12. The number of hydrogen-bond donors (Lipinski definition) is 8. The van der Waals surface area contributed by atoms with Crippen molar-refractivity contribution in [2.24, 2.45) is 7.05 Å². The van der Waals surface area contributed by atoms with E-state index in [1.807, 2.05) is 129 Å². The van der Waals surface area contributed by atoms with E-state index in [4.69, 9.17) is 0 Å². The number of aromatic nitrogens is 8. The van der Waals surface area contributed by atoms with E-state index in [2.05, 4.69) is 242 Å². The molecule has 16 nitrogen and oxygen atoms in total. The maximum atomic E-state index is 4.22. The van der Waals surface area contributed by atoms with Crippen LogP contribution in [0.15, 0.2) is 141 Å². The monoisotopic (exact) mass is 1190 g/mol.